The van der Waals surface area contributed by atoms with Crippen LogP contribution in [0, 0.1) is 0 Å². The number of esters is 1. The zero-order valence-electron chi connectivity index (χ0n) is 22.5. The number of benzene rings is 1. The highest BCUT2D eigenvalue weighted by Crippen LogP contribution is 2.33. The zero-order valence-corrected chi connectivity index (χ0v) is 24.0. The lowest BCUT2D eigenvalue weighted by Gasteiger charge is -2.34. The highest BCUT2D eigenvalue weighted by Gasteiger charge is 2.45. The second kappa shape index (κ2) is 11.9. The van der Waals surface area contributed by atoms with Crippen molar-refractivity contribution in [3.63, 3.8) is 0 Å². The molecule has 2 atom stereocenters. The number of amides is 2. The SMILES string of the molecule is COC(=O)[C@H](C(Br)c1ccc(OC(=O)OC(C)(C)C)cc1)N(C(=O)OC(C)(C)C)C(=O)OC(C)(C)C. The summed E-state index contributed by atoms with van der Waals surface area (Å²) in [4.78, 5) is 50.6. The van der Waals surface area contributed by atoms with Gasteiger partial charge in [-0.2, -0.15) is 4.90 Å². The molecule has 36 heavy (non-hydrogen) atoms. The summed E-state index contributed by atoms with van der Waals surface area (Å²) in [5.41, 5.74) is -2.17. The van der Waals surface area contributed by atoms with E-state index in [2.05, 4.69) is 15.9 Å². The third-order valence-corrected chi connectivity index (χ3v) is 5.00. The Morgan fingerprint density at radius 1 is 0.750 bits per heavy atom. The standard InChI is InChI=1S/C25H36BrNO9/c1-23(2,3)34-20(29)27(21(30)35-24(4,5)6)18(19(28)32-10)17(26)15-11-13-16(14-12-15)33-22(31)36-25(7,8)9/h11-14,17-18H,1-10H3/t17?,18-/m0/s1. The predicted octanol–water partition coefficient (Wildman–Crippen LogP) is 6.15. The number of ether oxygens (including phenoxy) is 5. The summed E-state index contributed by atoms with van der Waals surface area (Å²) in [6, 6.07) is 4.58. The molecule has 0 aliphatic rings. The van der Waals surface area contributed by atoms with Gasteiger partial charge in [0.15, 0.2) is 6.04 Å². The molecule has 0 spiro atoms. The van der Waals surface area contributed by atoms with Crippen LogP contribution < -0.4 is 4.74 Å². The number of alkyl halides is 1. The Morgan fingerprint density at radius 3 is 1.53 bits per heavy atom. The molecule has 0 saturated carbocycles. The maximum atomic E-state index is 13.1. The van der Waals surface area contributed by atoms with Gasteiger partial charge in [-0.3, -0.25) is 0 Å². The first-order valence-corrected chi connectivity index (χ1v) is 12.1. The number of nitrogens with zero attached hydrogens (tertiary/aromatic N) is 1. The molecule has 1 rings (SSSR count). The number of methoxy groups -OCH3 is 1. The van der Waals surface area contributed by atoms with E-state index in [4.69, 9.17) is 23.7 Å². The fourth-order valence-corrected chi connectivity index (χ4v) is 3.43. The summed E-state index contributed by atoms with van der Waals surface area (Å²) < 4.78 is 26.0. The summed E-state index contributed by atoms with van der Waals surface area (Å²) in [5, 5.41) is 0. The second-order valence-corrected chi connectivity index (χ2v) is 11.8. The molecular weight excluding hydrogens is 538 g/mol. The molecule has 202 valence electrons. The van der Waals surface area contributed by atoms with Crippen LogP contribution in [0.15, 0.2) is 24.3 Å². The van der Waals surface area contributed by atoms with Gasteiger partial charge in [0, 0.05) is 0 Å². The Labute approximate surface area is 220 Å². The van der Waals surface area contributed by atoms with Crippen molar-refractivity contribution in [1.29, 1.82) is 0 Å². The van der Waals surface area contributed by atoms with Crippen LogP contribution >= 0.6 is 15.9 Å². The average molecular weight is 574 g/mol. The van der Waals surface area contributed by atoms with Gasteiger partial charge in [-0.1, -0.05) is 28.1 Å². The molecule has 0 aliphatic carbocycles. The van der Waals surface area contributed by atoms with E-state index in [1.165, 1.54) is 12.1 Å². The van der Waals surface area contributed by atoms with Crippen LogP contribution in [-0.2, 0) is 23.7 Å². The number of hydrogen-bond acceptors (Lipinski definition) is 9. The van der Waals surface area contributed by atoms with Crippen LogP contribution in [0.25, 0.3) is 0 Å². The zero-order chi connectivity index (χ0) is 28.1. The maximum Gasteiger partial charge on any atom is 0.514 e. The van der Waals surface area contributed by atoms with Gasteiger partial charge in [0.1, 0.15) is 22.6 Å². The number of halogens is 1. The molecule has 0 N–H and O–H groups in total. The van der Waals surface area contributed by atoms with Crippen molar-refractivity contribution in [2.45, 2.75) is 90.0 Å². The molecule has 1 aromatic carbocycles. The third kappa shape index (κ3) is 10.4. The van der Waals surface area contributed by atoms with E-state index in [1.54, 1.807) is 74.4 Å². The van der Waals surface area contributed by atoms with Crippen LogP contribution in [-0.4, -0.2) is 59.2 Å². The van der Waals surface area contributed by atoms with E-state index >= 15 is 0 Å². The van der Waals surface area contributed by atoms with Gasteiger partial charge in [0.25, 0.3) is 0 Å². The molecule has 0 radical (unpaired) electrons. The molecule has 0 fully saturated rings. The number of imide groups is 1. The lowest BCUT2D eigenvalue weighted by molar-refractivity contribution is -0.146. The topological polar surface area (TPSA) is 118 Å². The van der Waals surface area contributed by atoms with Gasteiger partial charge in [-0.25, -0.2) is 19.2 Å². The summed E-state index contributed by atoms with van der Waals surface area (Å²) >= 11 is 3.42. The van der Waals surface area contributed by atoms with Crippen molar-refractivity contribution in [2.75, 3.05) is 7.11 Å². The third-order valence-electron chi connectivity index (χ3n) is 3.97. The van der Waals surface area contributed by atoms with E-state index in [0.717, 1.165) is 7.11 Å². The van der Waals surface area contributed by atoms with Gasteiger partial charge in [0.05, 0.1) is 11.9 Å². The molecule has 1 unspecified atom stereocenters. The Hall–Kier alpha value is -2.82. The summed E-state index contributed by atoms with van der Waals surface area (Å²) in [5.74, 6) is -0.693. The second-order valence-electron chi connectivity index (χ2n) is 10.8. The molecule has 11 heteroatoms. The fraction of sp³-hybridized carbons (Fsp3) is 0.600. The van der Waals surface area contributed by atoms with Crippen LogP contribution in [0.4, 0.5) is 14.4 Å². The normalized spacial score (nSPS) is 13.6. The van der Waals surface area contributed by atoms with E-state index in [9.17, 15) is 19.2 Å². The van der Waals surface area contributed by atoms with Crippen molar-refractivity contribution in [3.8, 4) is 5.75 Å². The van der Waals surface area contributed by atoms with Crippen LogP contribution in [0.5, 0.6) is 5.75 Å². The fourth-order valence-electron chi connectivity index (χ4n) is 2.67. The van der Waals surface area contributed by atoms with Crippen molar-refractivity contribution in [3.05, 3.63) is 29.8 Å². The van der Waals surface area contributed by atoms with E-state index in [-0.39, 0.29) is 5.75 Å². The Morgan fingerprint density at radius 2 is 1.17 bits per heavy atom. The van der Waals surface area contributed by atoms with Gasteiger partial charge >= 0.3 is 24.3 Å². The predicted molar refractivity (Wildman–Crippen MR) is 135 cm³/mol. The monoisotopic (exact) mass is 573 g/mol. The molecule has 0 aliphatic heterocycles. The summed E-state index contributed by atoms with van der Waals surface area (Å²) in [6.45, 7) is 14.9. The molecule has 0 bridgehead atoms. The number of rotatable bonds is 5. The molecule has 0 aromatic heterocycles. The number of carbonyl (C=O) groups excluding carboxylic acids is 4. The average Bonchev–Trinajstić information content (AvgIpc) is 2.67. The first-order valence-electron chi connectivity index (χ1n) is 11.2. The van der Waals surface area contributed by atoms with Gasteiger partial charge in [0.2, 0.25) is 0 Å². The van der Waals surface area contributed by atoms with Gasteiger partial charge < -0.3 is 23.7 Å². The minimum atomic E-state index is -1.49. The minimum absolute atomic E-state index is 0.193. The number of hydrogen-bond donors (Lipinski definition) is 0. The minimum Gasteiger partial charge on any atom is -0.467 e. The lowest BCUT2D eigenvalue weighted by Crippen LogP contribution is -2.53. The first-order chi connectivity index (χ1) is 16.2. The highest BCUT2D eigenvalue weighted by molar-refractivity contribution is 9.09. The van der Waals surface area contributed by atoms with Crippen LogP contribution in [0.2, 0.25) is 0 Å². The highest BCUT2D eigenvalue weighted by atomic mass is 79.9. The lowest BCUT2D eigenvalue weighted by atomic mass is 10.0. The van der Waals surface area contributed by atoms with Crippen LogP contribution in [0.3, 0.4) is 0 Å². The summed E-state index contributed by atoms with van der Waals surface area (Å²) in [6.07, 6.45) is -3.04. The van der Waals surface area contributed by atoms with E-state index < -0.39 is 52.0 Å². The smallest absolute Gasteiger partial charge is 0.467 e. The molecule has 1 aromatic rings. The molecular formula is C25H36BrNO9. The van der Waals surface area contributed by atoms with Crippen molar-refractivity contribution >= 4 is 40.2 Å². The van der Waals surface area contributed by atoms with Gasteiger partial charge in [-0.15, -0.1) is 0 Å². The number of carbonyl (C=O) groups is 4. The summed E-state index contributed by atoms with van der Waals surface area (Å²) in [7, 11) is 1.13. The van der Waals surface area contributed by atoms with Crippen molar-refractivity contribution < 1.29 is 42.9 Å². The largest absolute Gasteiger partial charge is 0.514 e. The first kappa shape index (κ1) is 31.2. The van der Waals surface area contributed by atoms with E-state index in [0.29, 0.717) is 10.5 Å². The van der Waals surface area contributed by atoms with Gasteiger partial charge in [-0.05, 0) is 80.0 Å². The molecule has 2 amide bonds. The maximum absolute atomic E-state index is 13.1. The Balaban J connectivity index is 3.35. The van der Waals surface area contributed by atoms with Crippen molar-refractivity contribution in [1.82, 2.24) is 4.90 Å². The molecule has 0 heterocycles. The quantitative estimate of drug-likeness (QED) is 0.177. The molecule has 10 nitrogen and oxygen atoms in total. The molecule has 0 saturated heterocycles. The Kier molecular flexibility index (Phi) is 10.4. The van der Waals surface area contributed by atoms with Crippen LogP contribution in [0.1, 0.15) is 72.7 Å². The van der Waals surface area contributed by atoms with Crippen molar-refractivity contribution in [2.24, 2.45) is 0 Å². The Bertz CT molecular complexity index is 912. The van der Waals surface area contributed by atoms with E-state index in [1.807, 2.05) is 0 Å².